The van der Waals surface area contributed by atoms with Crippen LogP contribution < -0.4 is 0 Å². The lowest BCUT2D eigenvalue weighted by atomic mass is 9.96. The van der Waals surface area contributed by atoms with Crippen LogP contribution in [0.1, 0.15) is 39.8 Å². The molecule has 0 fully saturated rings. The predicted molar refractivity (Wildman–Crippen MR) is 127 cm³/mol. The van der Waals surface area contributed by atoms with E-state index in [9.17, 15) is 0 Å². The molecule has 31 heavy (non-hydrogen) atoms. The Balaban J connectivity index is 1.15. The van der Waals surface area contributed by atoms with Gasteiger partial charge in [-0.2, -0.15) is 10.2 Å². The van der Waals surface area contributed by atoms with Crippen LogP contribution in [0.2, 0.25) is 0 Å². The predicted octanol–water partition coefficient (Wildman–Crippen LogP) is 6.43. The molecule has 146 valence electrons. The first-order valence-corrected chi connectivity index (χ1v) is 10.9. The summed E-state index contributed by atoms with van der Waals surface area (Å²) in [6.45, 7) is 0. The van der Waals surface area contributed by atoms with Gasteiger partial charge in [-0.1, -0.05) is 72.8 Å². The summed E-state index contributed by atoms with van der Waals surface area (Å²) in [6.07, 6.45) is 2.80. The molecule has 0 N–H and O–H groups in total. The van der Waals surface area contributed by atoms with Crippen molar-refractivity contribution in [3.05, 3.63) is 118 Å². The monoisotopic (exact) mass is 396 g/mol. The van der Waals surface area contributed by atoms with Crippen molar-refractivity contribution in [1.29, 1.82) is 0 Å². The number of fused-ring (bicyclic) bond motifs is 6. The van der Waals surface area contributed by atoms with Crippen LogP contribution in [0.5, 0.6) is 0 Å². The van der Waals surface area contributed by atoms with Gasteiger partial charge in [0.2, 0.25) is 0 Å². The molecule has 2 heteroatoms. The molecule has 0 spiro atoms. The molecule has 0 saturated heterocycles. The third-order valence-corrected chi connectivity index (χ3v) is 6.88. The lowest BCUT2D eigenvalue weighted by Gasteiger charge is -2.07. The van der Waals surface area contributed by atoms with Gasteiger partial charge in [0.25, 0.3) is 0 Å². The van der Waals surface area contributed by atoms with Crippen LogP contribution in [0.3, 0.4) is 0 Å². The summed E-state index contributed by atoms with van der Waals surface area (Å²) in [5, 5.41) is 9.15. The Kier molecular flexibility index (Phi) is 3.48. The van der Waals surface area contributed by atoms with Crippen LogP contribution in [-0.2, 0) is 12.8 Å². The maximum Gasteiger partial charge on any atom is 0.0763 e. The summed E-state index contributed by atoms with van der Waals surface area (Å²) >= 11 is 0. The molecular weight excluding hydrogens is 376 g/mol. The molecule has 1 aliphatic heterocycles. The second-order valence-electron chi connectivity index (χ2n) is 8.68. The number of benzene rings is 4. The zero-order chi connectivity index (χ0) is 20.4. The Morgan fingerprint density at radius 2 is 0.871 bits per heavy atom. The first kappa shape index (κ1) is 17.0. The Morgan fingerprint density at radius 3 is 1.39 bits per heavy atom. The molecule has 0 saturated carbocycles. The summed E-state index contributed by atoms with van der Waals surface area (Å²) in [4.78, 5) is 0. The average molecular weight is 396 g/mol. The van der Waals surface area contributed by atoms with E-state index in [4.69, 9.17) is 0 Å². The third-order valence-electron chi connectivity index (χ3n) is 6.88. The normalized spacial score (nSPS) is 15.1. The summed E-state index contributed by atoms with van der Waals surface area (Å²) in [6, 6.07) is 31.0. The van der Waals surface area contributed by atoms with Gasteiger partial charge in [-0.05, 0) is 80.6 Å². The molecule has 7 rings (SSSR count). The molecule has 0 unspecified atom stereocenters. The van der Waals surface area contributed by atoms with Gasteiger partial charge in [-0.3, -0.25) is 0 Å². The van der Waals surface area contributed by atoms with E-state index in [0.29, 0.717) is 0 Å². The molecule has 0 radical (unpaired) electrons. The average Bonchev–Trinajstić information content (AvgIpc) is 3.53. The van der Waals surface area contributed by atoms with Crippen molar-refractivity contribution < 1.29 is 0 Å². The van der Waals surface area contributed by atoms with Gasteiger partial charge in [0.05, 0.1) is 11.4 Å². The maximum atomic E-state index is 4.58. The van der Waals surface area contributed by atoms with Gasteiger partial charge in [-0.15, -0.1) is 0 Å². The van der Waals surface area contributed by atoms with Gasteiger partial charge in [0.15, 0.2) is 0 Å². The summed E-state index contributed by atoms with van der Waals surface area (Å²) in [7, 11) is 0. The summed E-state index contributed by atoms with van der Waals surface area (Å²) in [5.41, 5.74) is 15.6. The third kappa shape index (κ3) is 2.58. The van der Waals surface area contributed by atoms with Crippen molar-refractivity contribution in [3.8, 4) is 22.3 Å². The van der Waals surface area contributed by atoms with Crippen LogP contribution in [0.15, 0.2) is 95.1 Å². The number of hydrogen-bond donors (Lipinski definition) is 0. The lowest BCUT2D eigenvalue weighted by molar-refractivity contribution is 1.24. The van der Waals surface area contributed by atoms with E-state index in [1.165, 1.54) is 55.6 Å². The SMILES string of the molecule is c1ccc2c(c1)Cc1cc(C3=NN=C(c4ccc5c(c4)Cc4ccccc4-5)C3)ccc1-2. The molecule has 4 aromatic rings. The van der Waals surface area contributed by atoms with Gasteiger partial charge in [0.1, 0.15) is 0 Å². The van der Waals surface area contributed by atoms with Crippen molar-refractivity contribution in [2.75, 3.05) is 0 Å². The smallest absolute Gasteiger partial charge is 0.0763 e. The van der Waals surface area contributed by atoms with E-state index in [2.05, 4.69) is 95.1 Å². The number of nitrogens with zero attached hydrogens (tertiary/aromatic N) is 2. The number of rotatable bonds is 2. The van der Waals surface area contributed by atoms with Crippen LogP contribution >= 0.6 is 0 Å². The van der Waals surface area contributed by atoms with Crippen molar-refractivity contribution in [1.82, 2.24) is 0 Å². The lowest BCUT2D eigenvalue weighted by Crippen LogP contribution is -2.06. The Bertz CT molecular complexity index is 1340. The topological polar surface area (TPSA) is 24.7 Å². The Labute approximate surface area is 181 Å². The highest BCUT2D eigenvalue weighted by molar-refractivity contribution is 6.20. The Hall–Kier alpha value is -3.78. The molecule has 2 aliphatic carbocycles. The second kappa shape index (κ2) is 6.36. The van der Waals surface area contributed by atoms with E-state index in [-0.39, 0.29) is 0 Å². The van der Waals surface area contributed by atoms with Gasteiger partial charge >= 0.3 is 0 Å². The van der Waals surface area contributed by atoms with Crippen molar-refractivity contribution in [2.45, 2.75) is 19.3 Å². The summed E-state index contributed by atoms with van der Waals surface area (Å²) < 4.78 is 0. The van der Waals surface area contributed by atoms with Crippen LogP contribution in [0, 0.1) is 0 Å². The minimum absolute atomic E-state index is 0.789. The van der Waals surface area contributed by atoms with Crippen LogP contribution in [0.4, 0.5) is 0 Å². The molecule has 1 heterocycles. The second-order valence-corrected chi connectivity index (χ2v) is 8.68. The molecule has 0 bridgehead atoms. The fourth-order valence-corrected chi connectivity index (χ4v) is 5.32. The highest BCUT2D eigenvalue weighted by atomic mass is 15.2. The first-order valence-electron chi connectivity index (χ1n) is 10.9. The number of hydrogen-bond acceptors (Lipinski definition) is 2. The quantitative estimate of drug-likeness (QED) is 0.322. The zero-order valence-corrected chi connectivity index (χ0v) is 17.1. The van der Waals surface area contributed by atoms with Crippen LogP contribution in [0.25, 0.3) is 22.3 Å². The molecule has 0 aromatic heterocycles. The zero-order valence-electron chi connectivity index (χ0n) is 17.1. The Morgan fingerprint density at radius 1 is 0.419 bits per heavy atom. The molecular formula is C29H20N2. The van der Waals surface area contributed by atoms with Gasteiger partial charge in [-0.25, -0.2) is 0 Å². The molecule has 3 aliphatic rings. The molecule has 0 amide bonds. The highest BCUT2D eigenvalue weighted by Crippen LogP contribution is 2.38. The maximum absolute atomic E-state index is 4.58. The molecule has 0 atom stereocenters. The van der Waals surface area contributed by atoms with E-state index < -0.39 is 0 Å². The van der Waals surface area contributed by atoms with Crippen molar-refractivity contribution in [2.24, 2.45) is 10.2 Å². The largest absolute Gasteiger partial charge is 0.154 e. The first-order chi connectivity index (χ1) is 15.3. The minimum Gasteiger partial charge on any atom is -0.154 e. The van der Waals surface area contributed by atoms with Crippen molar-refractivity contribution in [3.63, 3.8) is 0 Å². The minimum atomic E-state index is 0.789. The van der Waals surface area contributed by atoms with Gasteiger partial charge in [0, 0.05) is 6.42 Å². The summed E-state index contributed by atoms with van der Waals surface area (Å²) in [5.74, 6) is 0. The van der Waals surface area contributed by atoms with Crippen molar-refractivity contribution >= 4 is 11.4 Å². The van der Waals surface area contributed by atoms with E-state index in [1.807, 2.05) is 0 Å². The van der Waals surface area contributed by atoms with Crippen LogP contribution in [-0.4, -0.2) is 11.4 Å². The standard InChI is InChI=1S/C29H20N2/c1-3-7-24-18(5-1)13-22-15-20(9-11-26(22)24)28-17-29(31-30-28)21-10-12-27-23(16-21)14-19-6-2-4-8-25(19)27/h1-12,15-16H,13-14,17H2. The molecule has 4 aromatic carbocycles. The van der Waals surface area contributed by atoms with E-state index in [0.717, 1.165) is 30.7 Å². The molecule has 2 nitrogen and oxygen atoms in total. The van der Waals surface area contributed by atoms with Gasteiger partial charge < -0.3 is 0 Å². The van der Waals surface area contributed by atoms with E-state index >= 15 is 0 Å². The fourth-order valence-electron chi connectivity index (χ4n) is 5.32. The highest BCUT2D eigenvalue weighted by Gasteiger charge is 2.23. The van der Waals surface area contributed by atoms with E-state index in [1.54, 1.807) is 0 Å². The fraction of sp³-hybridized carbons (Fsp3) is 0.103.